The van der Waals surface area contributed by atoms with Gasteiger partial charge in [-0.2, -0.15) is 0 Å². The van der Waals surface area contributed by atoms with Crippen LogP contribution in [0, 0.1) is 5.92 Å². The second-order valence-electron chi connectivity index (χ2n) is 5.45. The number of rotatable bonds is 5. The van der Waals surface area contributed by atoms with Gasteiger partial charge in [0.15, 0.2) is 5.65 Å². The average Bonchev–Trinajstić information content (AvgIpc) is 3.18. The minimum atomic E-state index is -0.0864. The zero-order chi connectivity index (χ0) is 15.0. The van der Waals surface area contributed by atoms with Gasteiger partial charge in [-0.15, -0.1) is 0 Å². The molecule has 1 aliphatic rings. The van der Waals surface area contributed by atoms with Crippen LogP contribution in [-0.2, 0) is 11.2 Å². The fourth-order valence-corrected chi connectivity index (χ4v) is 2.84. The highest BCUT2D eigenvalue weighted by Crippen LogP contribution is 2.31. The normalized spacial score (nSPS) is 16.1. The Kier molecular flexibility index (Phi) is 4.06. The Morgan fingerprint density at radius 3 is 2.95 bits per heavy atom. The molecule has 2 heterocycles. The summed E-state index contributed by atoms with van der Waals surface area (Å²) in [6.07, 6.45) is 6.01. The predicted molar refractivity (Wildman–Crippen MR) is 82.6 cm³/mol. The van der Waals surface area contributed by atoms with Crippen LogP contribution < -0.4 is 11.1 Å². The van der Waals surface area contributed by atoms with Gasteiger partial charge in [0.25, 0.3) is 0 Å². The maximum Gasteiger partial charge on any atom is 0.226 e. The summed E-state index contributed by atoms with van der Waals surface area (Å²) in [5.41, 5.74) is 7.20. The number of hydrogen-bond acceptors (Lipinski definition) is 3. The summed E-state index contributed by atoms with van der Waals surface area (Å²) in [7, 11) is 0. The summed E-state index contributed by atoms with van der Waals surface area (Å²) in [6.45, 7) is 0.517. The molecule has 1 fully saturated rings. The topological polar surface area (TPSA) is 72.4 Å². The summed E-state index contributed by atoms with van der Waals surface area (Å²) >= 11 is 12.0. The van der Waals surface area contributed by atoms with Gasteiger partial charge in [0.2, 0.25) is 5.91 Å². The SMILES string of the molecule is NC(CNC(=O)Cc1cn2cc(Cl)cc(Cl)c2n1)C1CC1. The van der Waals surface area contributed by atoms with E-state index in [1.807, 2.05) is 0 Å². The van der Waals surface area contributed by atoms with E-state index in [1.165, 1.54) is 12.8 Å². The lowest BCUT2D eigenvalue weighted by Gasteiger charge is -2.10. The zero-order valence-electron chi connectivity index (χ0n) is 11.4. The summed E-state index contributed by atoms with van der Waals surface area (Å²) in [5, 5.41) is 3.84. The monoisotopic (exact) mass is 326 g/mol. The van der Waals surface area contributed by atoms with Crippen molar-refractivity contribution in [3.63, 3.8) is 0 Å². The molecule has 7 heteroatoms. The molecule has 0 aliphatic heterocycles. The molecule has 112 valence electrons. The fourth-order valence-electron chi connectivity index (χ4n) is 2.31. The van der Waals surface area contributed by atoms with Crippen LogP contribution in [0.25, 0.3) is 5.65 Å². The van der Waals surface area contributed by atoms with Crippen LogP contribution in [0.5, 0.6) is 0 Å². The summed E-state index contributed by atoms with van der Waals surface area (Å²) in [4.78, 5) is 16.3. The Hall–Kier alpha value is -1.30. The Bertz CT molecular complexity index is 681. The maximum absolute atomic E-state index is 11.9. The lowest BCUT2D eigenvalue weighted by molar-refractivity contribution is -0.120. The van der Waals surface area contributed by atoms with Gasteiger partial charge in [0.1, 0.15) is 0 Å². The van der Waals surface area contributed by atoms with Crippen LogP contribution in [0.2, 0.25) is 10.0 Å². The highest BCUT2D eigenvalue weighted by atomic mass is 35.5. The molecule has 3 rings (SSSR count). The maximum atomic E-state index is 11.9. The van der Waals surface area contributed by atoms with Gasteiger partial charge >= 0.3 is 0 Å². The van der Waals surface area contributed by atoms with E-state index in [-0.39, 0.29) is 18.4 Å². The van der Waals surface area contributed by atoms with Gasteiger partial charge < -0.3 is 15.5 Å². The van der Waals surface area contributed by atoms with Gasteiger partial charge in [-0.1, -0.05) is 23.2 Å². The Labute approximate surface area is 132 Å². The molecule has 1 atom stereocenters. The van der Waals surface area contributed by atoms with Crippen LogP contribution in [0.15, 0.2) is 18.5 Å². The van der Waals surface area contributed by atoms with E-state index in [9.17, 15) is 4.79 Å². The van der Waals surface area contributed by atoms with Crippen molar-refractivity contribution in [3.8, 4) is 0 Å². The van der Waals surface area contributed by atoms with Crippen molar-refractivity contribution >= 4 is 34.8 Å². The van der Waals surface area contributed by atoms with Gasteiger partial charge in [-0.05, 0) is 24.8 Å². The van der Waals surface area contributed by atoms with Gasteiger partial charge in [0, 0.05) is 25.0 Å². The number of carbonyl (C=O) groups excluding carboxylic acids is 1. The first-order chi connectivity index (χ1) is 10.0. The molecular formula is C14H16Cl2N4O. The second-order valence-corrected chi connectivity index (χ2v) is 6.30. The molecule has 5 nitrogen and oxygen atoms in total. The summed E-state index contributed by atoms with van der Waals surface area (Å²) in [6, 6.07) is 1.69. The summed E-state index contributed by atoms with van der Waals surface area (Å²) < 4.78 is 1.73. The highest BCUT2D eigenvalue weighted by Gasteiger charge is 2.28. The molecule has 0 saturated heterocycles. The second kappa shape index (κ2) is 5.83. The van der Waals surface area contributed by atoms with Crippen LogP contribution in [0.1, 0.15) is 18.5 Å². The third kappa shape index (κ3) is 3.48. The molecule has 1 unspecified atom stereocenters. The largest absolute Gasteiger partial charge is 0.354 e. The molecule has 1 amide bonds. The third-order valence-corrected chi connectivity index (χ3v) is 4.11. The van der Waals surface area contributed by atoms with Crippen molar-refractivity contribution in [2.75, 3.05) is 6.54 Å². The third-order valence-electron chi connectivity index (χ3n) is 3.63. The van der Waals surface area contributed by atoms with Gasteiger partial charge in [-0.3, -0.25) is 4.79 Å². The van der Waals surface area contributed by atoms with Crippen molar-refractivity contribution in [2.24, 2.45) is 11.7 Å². The van der Waals surface area contributed by atoms with E-state index in [4.69, 9.17) is 28.9 Å². The first-order valence-electron chi connectivity index (χ1n) is 6.88. The number of nitrogens with two attached hydrogens (primary N) is 1. The molecule has 3 N–H and O–H groups in total. The molecule has 21 heavy (non-hydrogen) atoms. The van der Waals surface area contributed by atoms with E-state index >= 15 is 0 Å². The molecule has 0 spiro atoms. The summed E-state index contributed by atoms with van der Waals surface area (Å²) in [5.74, 6) is 0.484. The van der Waals surface area contributed by atoms with Crippen LogP contribution in [-0.4, -0.2) is 27.9 Å². The Morgan fingerprint density at radius 1 is 1.48 bits per heavy atom. The lowest BCUT2D eigenvalue weighted by Crippen LogP contribution is -2.39. The molecule has 2 aromatic heterocycles. The fraction of sp³-hybridized carbons (Fsp3) is 0.429. The van der Waals surface area contributed by atoms with Crippen LogP contribution in [0.3, 0.4) is 0 Å². The van der Waals surface area contributed by atoms with E-state index in [0.717, 1.165) is 0 Å². The van der Waals surface area contributed by atoms with Crippen LogP contribution in [0.4, 0.5) is 0 Å². The number of fused-ring (bicyclic) bond motifs is 1. The van der Waals surface area contributed by atoms with Gasteiger partial charge in [0.05, 0.1) is 22.2 Å². The Balaban J connectivity index is 1.64. The van der Waals surface area contributed by atoms with Crippen molar-refractivity contribution in [1.82, 2.24) is 14.7 Å². The number of nitrogens with zero attached hydrogens (tertiary/aromatic N) is 2. The van der Waals surface area contributed by atoms with Crippen molar-refractivity contribution in [2.45, 2.75) is 25.3 Å². The quantitative estimate of drug-likeness (QED) is 0.883. The number of amides is 1. The molecule has 1 aliphatic carbocycles. The van der Waals surface area contributed by atoms with Crippen molar-refractivity contribution < 1.29 is 4.79 Å². The minimum absolute atomic E-state index is 0.0586. The number of nitrogens with one attached hydrogen (secondary N) is 1. The number of pyridine rings is 1. The lowest BCUT2D eigenvalue weighted by atomic mass is 10.2. The predicted octanol–water partition coefficient (Wildman–Crippen LogP) is 2.04. The number of aromatic nitrogens is 2. The minimum Gasteiger partial charge on any atom is -0.354 e. The Morgan fingerprint density at radius 2 is 2.24 bits per heavy atom. The van der Waals surface area contributed by atoms with E-state index < -0.39 is 0 Å². The van der Waals surface area contributed by atoms with Crippen molar-refractivity contribution in [3.05, 3.63) is 34.2 Å². The molecular weight excluding hydrogens is 311 g/mol. The smallest absolute Gasteiger partial charge is 0.226 e. The molecule has 0 aromatic carbocycles. The molecule has 0 radical (unpaired) electrons. The number of hydrogen-bond donors (Lipinski definition) is 2. The first-order valence-corrected chi connectivity index (χ1v) is 7.63. The van der Waals surface area contributed by atoms with E-state index in [1.54, 1.807) is 22.9 Å². The average molecular weight is 327 g/mol. The highest BCUT2D eigenvalue weighted by molar-refractivity contribution is 6.36. The number of imidazole rings is 1. The van der Waals surface area contributed by atoms with Gasteiger partial charge in [-0.25, -0.2) is 4.98 Å². The van der Waals surface area contributed by atoms with E-state index in [0.29, 0.717) is 33.8 Å². The van der Waals surface area contributed by atoms with Crippen molar-refractivity contribution in [1.29, 1.82) is 0 Å². The van der Waals surface area contributed by atoms with Crippen LogP contribution >= 0.6 is 23.2 Å². The standard InChI is InChI=1S/C14H16Cl2N4O/c15-9-3-11(16)14-19-10(7-20(14)6-9)4-13(21)18-5-12(17)8-1-2-8/h3,6-8,12H,1-2,4-5,17H2,(H,18,21). The molecule has 0 bridgehead atoms. The zero-order valence-corrected chi connectivity index (χ0v) is 12.9. The molecule has 1 saturated carbocycles. The number of halogens is 2. The first kappa shape index (κ1) is 14.6. The number of carbonyl (C=O) groups is 1. The van der Waals surface area contributed by atoms with E-state index in [2.05, 4.69) is 10.3 Å². The molecule has 2 aromatic rings.